The summed E-state index contributed by atoms with van der Waals surface area (Å²) in [7, 11) is 0. The van der Waals surface area contributed by atoms with Gasteiger partial charge in [-0.15, -0.1) is 10.2 Å². The summed E-state index contributed by atoms with van der Waals surface area (Å²) >= 11 is 1.67. The predicted octanol–water partition coefficient (Wildman–Crippen LogP) is 2.99. The molecule has 2 aromatic heterocycles. The molecule has 0 aliphatic carbocycles. The second kappa shape index (κ2) is 9.96. The van der Waals surface area contributed by atoms with E-state index in [1.165, 1.54) is 0 Å². The third-order valence-corrected chi connectivity index (χ3v) is 6.33. The lowest BCUT2D eigenvalue weighted by atomic mass is 9.96. The van der Waals surface area contributed by atoms with E-state index in [0.29, 0.717) is 25.1 Å². The van der Waals surface area contributed by atoms with Crippen molar-refractivity contribution in [1.29, 1.82) is 0 Å². The van der Waals surface area contributed by atoms with E-state index in [9.17, 15) is 9.59 Å². The van der Waals surface area contributed by atoms with E-state index >= 15 is 0 Å². The van der Waals surface area contributed by atoms with Gasteiger partial charge >= 0.3 is 0 Å². The second-order valence-electron chi connectivity index (χ2n) is 7.78. The molecule has 1 N–H and O–H groups in total. The molecule has 2 amide bonds. The molecule has 2 atom stereocenters. The van der Waals surface area contributed by atoms with Crippen molar-refractivity contribution in [3.63, 3.8) is 0 Å². The maximum Gasteiger partial charge on any atom is 0.251 e. The van der Waals surface area contributed by atoms with Gasteiger partial charge < -0.3 is 10.2 Å². The lowest BCUT2D eigenvalue weighted by Gasteiger charge is -2.34. The number of carbonyl (C=O) groups is 2. The van der Waals surface area contributed by atoms with Crippen molar-refractivity contribution < 1.29 is 9.59 Å². The highest BCUT2D eigenvalue weighted by Crippen LogP contribution is 2.26. The van der Waals surface area contributed by atoms with Gasteiger partial charge in [0.2, 0.25) is 5.91 Å². The number of nitrogens with one attached hydrogen (secondary N) is 1. The molecule has 8 heteroatoms. The number of aromatic nitrogens is 3. The van der Waals surface area contributed by atoms with Crippen LogP contribution in [-0.2, 0) is 4.79 Å². The minimum Gasteiger partial charge on any atom is -0.340 e. The fourth-order valence-corrected chi connectivity index (χ4v) is 4.54. The topological polar surface area (TPSA) is 79.6 Å². The molecule has 1 aromatic carbocycles. The Labute approximate surface area is 186 Å². The van der Waals surface area contributed by atoms with Crippen LogP contribution in [0.2, 0.25) is 0 Å². The maximum absolute atomic E-state index is 13.4. The van der Waals surface area contributed by atoms with Crippen LogP contribution in [0.25, 0.3) is 5.65 Å². The van der Waals surface area contributed by atoms with Crippen LogP contribution in [0, 0.1) is 0 Å². The quantitative estimate of drug-likeness (QED) is 0.615. The minimum atomic E-state index is -0.533. The van der Waals surface area contributed by atoms with Crippen LogP contribution < -0.4 is 5.32 Å². The molecule has 3 heterocycles. The van der Waals surface area contributed by atoms with Gasteiger partial charge in [-0.2, -0.15) is 11.8 Å². The number of fused-ring (bicyclic) bond motifs is 1. The monoisotopic (exact) mass is 437 g/mol. The molecular weight excluding hydrogens is 410 g/mol. The minimum absolute atomic E-state index is 0.0168. The van der Waals surface area contributed by atoms with Crippen LogP contribution in [0.1, 0.15) is 41.4 Å². The fraction of sp³-hybridized carbons (Fsp3) is 0.391. The first-order valence-electron chi connectivity index (χ1n) is 10.6. The van der Waals surface area contributed by atoms with Crippen LogP contribution in [0.4, 0.5) is 0 Å². The summed E-state index contributed by atoms with van der Waals surface area (Å²) in [5.74, 6) is 1.59. The highest BCUT2D eigenvalue weighted by atomic mass is 32.2. The summed E-state index contributed by atoms with van der Waals surface area (Å²) < 4.78 is 2.00. The van der Waals surface area contributed by atoms with E-state index < -0.39 is 6.04 Å². The summed E-state index contributed by atoms with van der Waals surface area (Å²) in [5, 5.41) is 11.6. The fourth-order valence-electron chi connectivity index (χ4n) is 4.07. The number of piperidine rings is 1. The Kier molecular flexibility index (Phi) is 6.86. The zero-order valence-corrected chi connectivity index (χ0v) is 18.4. The summed E-state index contributed by atoms with van der Waals surface area (Å²) in [6.07, 6.45) is 6.44. The molecule has 1 saturated heterocycles. The van der Waals surface area contributed by atoms with E-state index in [1.807, 2.05) is 58.2 Å². The van der Waals surface area contributed by atoms with Gasteiger partial charge in [0.15, 0.2) is 5.65 Å². The molecule has 162 valence electrons. The molecule has 0 saturated carbocycles. The number of pyridine rings is 1. The number of carbonyl (C=O) groups excluding carboxylic acids is 2. The molecule has 1 aliphatic heterocycles. The second-order valence-corrected chi connectivity index (χ2v) is 8.77. The Hall–Kier alpha value is -2.87. The van der Waals surface area contributed by atoms with Gasteiger partial charge in [0.1, 0.15) is 11.9 Å². The van der Waals surface area contributed by atoms with Gasteiger partial charge in [-0.1, -0.05) is 24.3 Å². The maximum atomic E-state index is 13.4. The van der Waals surface area contributed by atoms with E-state index in [0.717, 1.165) is 30.1 Å². The van der Waals surface area contributed by atoms with Crippen molar-refractivity contribution in [1.82, 2.24) is 24.8 Å². The van der Waals surface area contributed by atoms with Crippen molar-refractivity contribution >= 4 is 29.2 Å². The van der Waals surface area contributed by atoms with Crippen molar-refractivity contribution in [2.75, 3.05) is 25.1 Å². The van der Waals surface area contributed by atoms with Gasteiger partial charge in [-0.05, 0) is 55.5 Å². The molecule has 7 nitrogen and oxygen atoms in total. The molecule has 0 spiro atoms. The number of benzene rings is 1. The van der Waals surface area contributed by atoms with Gasteiger partial charge in [-0.3, -0.25) is 14.0 Å². The number of hydrogen-bond donors (Lipinski definition) is 1. The van der Waals surface area contributed by atoms with E-state index in [2.05, 4.69) is 15.5 Å². The zero-order chi connectivity index (χ0) is 21.6. The Morgan fingerprint density at radius 2 is 1.97 bits per heavy atom. The number of rotatable bonds is 7. The summed E-state index contributed by atoms with van der Waals surface area (Å²) in [4.78, 5) is 28.0. The Balaban J connectivity index is 1.48. The number of likely N-dealkylation sites (tertiary alicyclic amines) is 1. The van der Waals surface area contributed by atoms with Crippen LogP contribution in [0.5, 0.6) is 0 Å². The molecule has 3 aromatic rings. The standard InChI is InChI=1S/C23H27N5O2S/c1-31-15-12-19(24-22(29)17-8-3-2-4-9-17)23(30)27-13-7-10-18(16-27)21-26-25-20-11-5-6-14-28(20)21/h2-6,8-9,11,14,18-19H,7,10,12-13,15-16H2,1H3,(H,24,29). The van der Waals surface area contributed by atoms with Crippen molar-refractivity contribution in [3.05, 3.63) is 66.1 Å². The van der Waals surface area contributed by atoms with Crippen LogP contribution in [0.15, 0.2) is 54.7 Å². The van der Waals surface area contributed by atoms with E-state index in [-0.39, 0.29) is 17.7 Å². The average molecular weight is 438 g/mol. The third kappa shape index (κ3) is 4.90. The average Bonchev–Trinajstić information content (AvgIpc) is 3.26. The SMILES string of the molecule is CSCCC(NC(=O)c1ccccc1)C(=O)N1CCCC(c2nnc3ccccn23)C1. The van der Waals surface area contributed by atoms with Crippen molar-refractivity contribution in [3.8, 4) is 0 Å². The zero-order valence-electron chi connectivity index (χ0n) is 17.6. The molecule has 0 bridgehead atoms. The van der Waals surface area contributed by atoms with Gasteiger partial charge in [0, 0.05) is 30.8 Å². The molecule has 1 aliphatic rings. The largest absolute Gasteiger partial charge is 0.340 e. The van der Waals surface area contributed by atoms with Crippen LogP contribution in [-0.4, -0.2) is 62.5 Å². The van der Waals surface area contributed by atoms with Gasteiger partial charge in [0.25, 0.3) is 5.91 Å². The Morgan fingerprint density at radius 3 is 2.77 bits per heavy atom. The predicted molar refractivity (Wildman–Crippen MR) is 122 cm³/mol. The molecule has 0 radical (unpaired) electrons. The molecule has 2 unspecified atom stereocenters. The molecule has 4 rings (SSSR count). The number of hydrogen-bond acceptors (Lipinski definition) is 5. The Morgan fingerprint density at radius 1 is 1.16 bits per heavy atom. The normalized spacial score (nSPS) is 17.5. The Bertz CT molecular complexity index is 1040. The van der Waals surface area contributed by atoms with Crippen molar-refractivity contribution in [2.45, 2.75) is 31.2 Å². The molecular formula is C23H27N5O2S. The third-order valence-electron chi connectivity index (χ3n) is 5.69. The van der Waals surface area contributed by atoms with E-state index in [4.69, 9.17) is 0 Å². The van der Waals surface area contributed by atoms with Crippen LogP contribution >= 0.6 is 11.8 Å². The van der Waals surface area contributed by atoms with Crippen LogP contribution in [0.3, 0.4) is 0 Å². The highest BCUT2D eigenvalue weighted by Gasteiger charge is 2.32. The lowest BCUT2D eigenvalue weighted by molar-refractivity contribution is -0.134. The van der Waals surface area contributed by atoms with Gasteiger partial charge in [-0.25, -0.2) is 0 Å². The highest BCUT2D eigenvalue weighted by molar-refractivity contribution is 7.98. The van der Waals surface area contributed by atoms with Crippen molar-refractivity contribution in [2.24, 2.45) is 0 Å². The molecule has 1 fully saturated rings. The smallest absolute Gasteiger partial charge is 0.251 e. The molecule has 31 heavy (non-hydrogen) atoms. The first kappa shape index (κ1) is 21.4. The summed E-state index contributed by atoms with van der Waals surface area (Å²) in [6, 6.07) is 14.3. The number of amides is 2. The summed E-state index contributed by atoms with van der Waals surface area (Å²) in [5.41, 5.74) is 1.38. The van der Waals surface area contributed by atoms with Gasteiger partial charge in [0.05, 0.1) is 0 Å². The summed E-state index contributed by atoms with van der Waals surface area (Å²) in [6.45, 7) is 1.29. The van der Waals surface area contributed by atoms with E-state index in [1.54, 1.807) is 23.9 Å². The lowest BCUT2D eigenvalue weighted by Crippen LogP contribution is -2.51. The first-order chi connectivity index (χ1) is 15.2. The number of thioether (sulfide) groups is 1. The first-order valence-corrected chi connectivity index (χ1v) is 12.0. The number of nitrogens with zero attached hydrogens (tertiary/aromatic N) is 4.